The van der Waals surface area contributed by atoms with Gasteiger partial charge in [0.25, 0.3) is 10.9 Å². The van der Waals surface area contributed by atoms with Crippen LogP contribution in [0.2, 0.25) is 0 Å². The summed E-state index contributed by atoms with van der Waals surface area (Å²) < 4.78 is 0. The second-order valence-corrected chi connectivity index (χ2v) is 5.70. The van der Waals surface area contributed by atoms with Crippen LogP contribution in [0.25, 0.3) is 0 Å². The Hall–Kier alpha value is -2.09. The summed E-state index contributed by atoms with van der Waals surface area (Å²) in [5.74, 6) is 0.494. The number of aryl methyl sites for hydroxylation is 1. The third-order valence-electron chi connectivity index (χ3n) is 3.16. The number of nitrogens with zero attached hydrogens (tertiary/aromatic N) is 2. The number of benzene rings is 1. The van der Waals surface area contributed by atoms with Gasteiger partial charge in [0, 0.05) is 37.4 Å². The van der Waals surface area contributed by atoms with Crippen molar-refractivity contribution in [2.45, 2.75) is 13.3 Å². The zero-order chi connectivity index (χ0) is 15.4. The molecule has 1 aliphatic rings. The van der Waals surface area contributed by atoms with Crippen LogP contribution in [0.1, 0.15) is 12.0 Å². The number of hydrogen-bond donors (Lipinski definition) is 1. The number of rotatable bonds is 5. The van der Waals surface area contributed by atoms with Crippen LogP contribution < -0.4 is 5.32 Å². The Labute approximate surface area is 125 Å². The van der Waals surface area contributed by atoms with Gasteiger partial charge < -0.3 is 10.2 Å². The molecule has 0 unspecified atom stereocenters. The second-order valence-electron chi connectivity index (χ2n) is 4.66. The first-order valence-corrected chi connectivity index (χ1v) is 7.42. The quantitative estimate of drug-likeness (QED) is 0.666. The van der Waals surface area contributed by atoms with Gasteiger partial charge in [-0.3, -0.25) is 19.7 Å². The molecule has 0 aliphatic carbocycles. The Balaban J connectivity index is 1.94. The van der Waals surface area contributed by atoms with Gasteiger partial charge in [0.1, 0.15) is 0 Å². The molecule has 0 atom stereocenters. The molecule has 7 nitrogen and oxygen atoms in total. The number of amides is 2. The van der Waals surface area contributed by atoms with Crippen LogP contribution >= 0.6 is 11.8 Å². The molecule has 0 aromatic heterocycles. The minimum atomic E-state index is -0.505. The summed E-state index contributed by atoms with van der Waals surface area (Å²) in [7, 11) is 0. The fraction of sp³-hybridized carbons (Fsp3) is 0.385. The second kappa shape index (κ2) is 6.57. The molecule has 2 amide bonds. The van der Waals surface area contributed by atoms with Crippen molar-refractivity contribution in [3.63, 3.8) is 0 Å². The van der Waals surface area contributed by atoms with Crippen molar-refractivity contribution >= 4 is 34.3 Å². The third kappa shape index (κ3) is 3.94. The van der Waals surface area contributed by atoms with E-state index in [1.165, 1.54) is 23.9 Å². The highest BCUT2D eigenvalue weighted by Crippen LogP contribution is 2.22. The molecule has 1 aliphatic heterocycles. The van der Waals surface area contributed by atoms with Crippen LogP contribution in [0.15, 0.2) is 18.2 Å². The van der Waals surface area contributed by atoms with Crippen molar-refractivity contribution in [2.24, 2.45) is 0 Å². The number of nitro benzene ring substituents is 1. The molecule has 1 heterocycles. The highest BCUT2D eigenvalue weighted by molar-refractivity contribution is 8.13. The number of nitro groups is 1. The van der Waals surface area contributed by atoms with Crippen LogP contribution in [0.4, 0.5) is 16.2 Å². The third-order valence-corrected chi connectivity index (χ3v) is 4.05. The molecule has 21 heavy (non-hydrogen) atoms. The van der Waals surface area contributed by atoms with Crippen molar-refractivity contribution in [3.05, 3.63) is 33.9 Å². The Morgan fingerprint density at radius 3 is 2.90 bits per heavy atom. The lowest BCUT2D eigenvalue weighted by Gasteiger charge is -2.14. The number of nitrogens with one attached hydrogen (secondary N) is 1. The molecule has 0 radical (unpaired) electrons. The molecule has 1 aromatic rings. The van der Waals surface area contributed by atoms with Crippen LogP contribution in [0.5, 0.6) is 0 Å². The Morgan fingerprint density at radius 1 is 1.52 bits per heavy atom. The SMILES string of the molecule is Cc1ccc([N+](=O)[O-])cc1NC(=O)CCN1CCSC1=O. The van der Waals surface area contributed by atoms with Crippen LogP contribution in [0, 0.1) is 17.0 Å². The zero-order valence-electron chi connectivity index (χ0n) is 11.5. The summed E-state index contributed by atoms with van der Waals surface area (Å²) in [6.45, 7) is 2.79. The van der Waals surface area contributed by atoms with Crippen molar-refractivity contribution in [1.82, 2.24) is 4.90 Å². The van der Waals surface area contributed by atoms with Crippen molar-refractivity contribution < 1.29 is 14.5 Å². The van der Waals surface area contributed by atoms with Gasteiger partial charge in [-0.25, -0.2) is 0 Å². The molecule has 1 N–H and O–H groups in total. The van der Waals surface area contributed by atoms with Crippen molar-refractivity contribution in [2.75, 3.05) is 24.2 Å². The van der Waals surface area contributed by atoms with E-state index in [1.54, 1.807) is 17.9 Å². The van der Waals surface area contributed by atoms with Gasteiger partial charge in [-0.1, -0.05) is 17.8 Å². The standard InChI is InChI=1S/C13H15N3O4S/c1-9-2-3-10(16(19)20)8-11(9)14-12(17)4-5-15-6-7-21-13(15)18/h2-3,8H,4-7H2,1H3,(H,14,17). The normalized spacial score (nSPS) is 14.3. The molecule has 2 rings (SSSR count). The van der Waals surface area contributed by atoms with Crippen LogP contribution in [-0.2, 0) is 4.79 Å². The van der Waals surface area contributed by atoms with Crippen molar-refractivity contribution in [3.8, 4) is 0 Å². The van der Waals surface area contributed by atoms with E-state index in [2.05, 4.69) is 5.32 Å². The lowest BCUT2D eigenvalue weighted by Crippen LogP contribution is -2.27. The van der Waals surface area contributed by atoms with Gasteiger partial charge in [-0.05, 0) is 12.5 Å². The summed E-state index contributed by atoms with van der Waals surface area (Å²) in [4.78, 5) is 35.1. The molecule has 112 valence electrons. The monoisotopic (exact) mass is 309 g/mol. The summed E-state index contributed by atoms with van der Waals surface area (Å²) in [5.41, 5.74) is 1.11. The van der Waals surface area contributed by atoms with Gasteiger partial charge in [-0.2, -0.15) is 0 Å². The predicted octanol–water partition coefficient (Wildman–Crippen LogP) is 2.40. The van der Waals surface area contributed by atoms with E-state index in [0.29, 0.717) is 18.8 Å². The fourth-order valence-corrected chi connectivity index (χ4v) is 2.79. The number of non-ortho nitro benzene ring substituents is 1. The van der Waals surface area contributed by atoms with Crippen LogP contribution in [0.3, 0.4) is 0 Å². The van der Waals surface area contributed by atoms with Gasteiger partial charge in [0.05, 0.1) is 10.6 Å². The molecule has 0 saturated carbocycles. The topological polar surface area (TPSA) is 92.6 Å². The first-order valence-electron chi connectivity index (χ1n) is 6.44. The van der Waals surface area contributed by atoms with E-state index < -0.39 is 4.92 Å². The Morgan fingerprint density at radius 2 is 2.29 bits per heavy atom. The van der Waals surface area contributed by atoms with E-state index >= 15 is 0 Å². The smallest absolute Gasteiger partial charge is 0.281 e. The summed E-state index contributed by atoms with van der Waals surface area (Å²) in [6, 6.07) is 4.32. The number of carbonyl (C=O) groups is 2. The maximum absolute atomic E-state index is 11.9. The fourth-order valence-electron chi connectivity index (χ4n) is 1.94. The summed E-state index contributed by atoms with van der Waals surface area (Å²) in [6.07, 6.45) is 0.175. The molecule has 1 aromatic carbocycles. The maximum Gasteiger partial charge on any atom is 0.281 e. The molecular formula is C13H15N3O4S. The van der Waals surface area contributed by atoms with Crippen LogP contribution in [-0.4, -0.2) is 39.8 Å². The summed E-state index contributed by atoms with van der Waals surface area (Å²) >= 11 is 1.25. The van der Waals surface area contributed by atoms with E-state index in [1.807, 2.05) is 0 Å². The number of thioether (sulfide) groups is 1. The maximum atomic E-state index is 11.9. The Bertz CT molecular complexity index is 591. The zero-order valence-corrected chi connectivity index (χ0v) is 12.3. The lowest BCUT2D eigenvalue weighted by molar-refractivity contribution is -0.384. The number of hydrogen-bond acceptors (Lipinski definition) is 5. The average molecular weight is 309 g/mol. The summed E-state index contributed by atoms with van der Waals surface area (Å²) in [5, 5.41) is 13.4. The molecule has 0 bridgehead atoms. The molecule has 1 saturated heterocycles. The molecule has 1 fully saturated rings. The molecule has 8 heteroatoms. The minimum absolute atomic E-state index is 0.00525. The van der Waals surface area contributed by atoms with E-state index in [4.69, 9.17) is 0 Å². The largest absolute Gasteiger partial charge is 0.332 e. The highest BCUT2D eigenvalue weighted by Gasteiger charge is 2.21. The molecular weight excluding hydrogens is 294 g/mol. The molecule has 0 spiro atoms. The highest BCUT2D eigenvalue weighted by atomic mass is 32.2. The van der Waals surface area contributed by atoms with E-state index in [-0.39, 0.29) is 23.3 Å². The van der Waals surface area contributed by atoms with Gasteiger partial charge in [-0.15, -0.1) is 0 Å². The van der Waals surface area contributed by atoms with Gasteiger partial charge in [0.15, 0.2) is 0 Å². The Kier molecular flexibility index (Phi) is 4.79. The van der Waals surface area contributed by atoms with E-state index in [0.717, 1.165) is 11.3 Å². The first kappa shape index (κ1) is 15.3. The number of anilines is 1. The average Bonchev–Trinajstić information content (AvgIpc) is 2.84. The lowest BCUT2D eigenvalue weighted by atomic mass is 10.1. The van der Waals surface area contributed by atoms with Gasteiger partial charge in [0.2, 0.25) is 5.91 Å². The van der Waals surface area contributed by atoms with E-state index in [9.17, 15) is 19.7 Å². The first-order chi connectivity index (χ1) is 9.97. The van der Waals surface area contributed by atoms with Crippen molar-refractivity contribution in [1.29, 1.82) is 0 Å². The predicted molar refractivity (Wildman–Crippen MR) is 80.5 cm³/mol. The number of carbonyl (C=O) groups excluding carboxylic acids is 2. The van der Waals surface area contributed by atoms with Gasteiger partial charge >= 0.3 is 0 Å². The minimum Gasteiger partial charge on any atom is -0.332 e.